The first-order valence-electron chi connectivity index (χ1n) is 10.3. The lowest BCUT2D eigenvalue weighted by Crippen LogP contribution is -2.57. The van der Waals surface area contributed by atoms with Gasteiger partial charge in [0.15, 0.2) is 0 Å². The number of likely N-dealkylation sites (tertiary alicyclic amines) is 1. The summed E-state index contributed by atoms with van der Waals surface area (Å²) in [5.74, 6) is 0.176. The molecule has 160 valence electrons. The number of hydrogen-bond donors (Lipinski definition) is 1. The molecule has 2 aliphatic heterocycles. The van der Waals surface area contributed by atoms with E-state index in [1.54, 1.807) is 0 Å². The third-order valence-corrected chi connectivity index (χ3v) is 5.89. The van der Waals surface area contributed by atoms with Gasteiger partial charge >= 0.3 is 0 Å². The number of rotatable bonds is 4. The third kappa shape index (κ3) is 4.60. The highest BCUT2D eigenvalue weighted by Gasteiger charge is 2.32. The van der Waals surface area contributed by atoms with Crippen LogP contribution in [0.4, 0.5) is 11.4 Å². The van der Waals surface area contributed by atoms with Crippen LogP contribution in [0.2, 0.25) is 0 Å². The van der Waals surface area contributed by atoms with Gasteiger partial charge in [0.25, 0.3) is 5.91 Å². The molecular formula is C23H29ClN4O2. The lowest BCUT2D eigenvalue weighted by Gasteiger charge is -2.41. The maximum absolute atomic E-state index is 13.4. The van der Waals surface area contributed by atoms with Gasteiger partial charge in [0.1, 0.15) is 0 Å². The van der Waals surface area contributed by atoms with Crippen LogP contribution in [0.15, 0.2) is 54.6 Å². The molecule has 6 nitrogen and oxygen atoms in total. The Morgan fingerprint density at radius 2 is 1.80 bits per heavy atom. The monoisotopic (exact) mass is 428 g/mol. The fourth-order valence-electron chi connectivity index (χ4n) is 4.31. The van der Waals surface area contributed by atoms with Crippen molar-refractivity contribution in [3.63, 3.8) is 0 Å². The van der Waals surface area contributed by atoms with Crippen molar-refractivity contribution in [1.29, 1.82) is 0 Å². The van der Waals surface area contributed by atoms with Crippen molar-refractivity contribution in [3.8, 4) is 0 Å². The molecule has 0 aliphatic carbocycles. The Hall–Kier alpha value is -2.57. The van der Waals surface area contributed by atoms with Gasteiger partial charge in [-0.05, 0) is 37.1 Å². The third-order valence-electron chi connectivity index (χ3n) is 5.89. The molecule has 4 rings (SSSR count). The number of benzene rings is 2. The molecule has 2 amide bonds. The van der Waals surface area contributed by atoms with Crippen LogP contribution < -0.4 is 10.2 Å². The summed E-state index contributed by atoms with van der Waals surface area (Å²) in [5.41, 5.74) is 2.63. The van der Waals surface area contributed by atoms with E-state index in [1.807, 2.05) is 71.4 Å². The van der Waals surface area contributed by atoms with Crippen LogP contribution in [-0.4, -0.2) is 67.4 Å². The maximum atomic E-state index is 13.4. The molecule has 7 heteroatoms. The van der Waals surface area contributed by atoms with Crippen molar-refractivity contribution < 1.29 is 9.59 Å². The lowest BCUT2D eigenvalue weighted by atomic mass is 10.0. The Morgan fingerprint density at radius 1 is 1.07 bits per heavy atom. The summed E-state index contributed by atoms with van der Waals surface area (Å²) in [6.07, 6.45) is 1.88. The van der Waals surface area contributed by atoms with Gasteiger partial charge < -0.3 is 20.0 Å². The van der Waals surface area contributed by atoms with Gasteiger partial charge in [-0.3, -0.25) is 9.59 Å². The zero-order valence-corrected chi connectivity index (χ0v) is 18.1. The summed E-state index contributed by atoms with van der Waals surface area (Å²) in [4.78, 5) is 31.7. The number of halogens is 1. The number of nitrogens with one attached hydrogen (secondary N) is 1. The van der Waals surface area contributed by atoms with E-state index >= 15 is 0 Å². The highest BCUT2D eigenvalue weighted by atomic mass is 35.5. The quantitative estimate of drug-likeness (QED) is 0.813. The molecule has 2 aromatic rings. The maximum Gasteiger partial charge on any atom is 0.256 e. The highest BCUT2D eigenvalue weighted by Crippen LogP contribution is 2.29. The van der Waals surface area contributed by atoms with Gasteiger partial charge in [-0.2, -0.15) is 0 Å². The number of para-hydroxylation sites is 2. The number of amides is 2. The van der Waals surface area contributed by atoms with Crippen LogP contribution in [0.3, 0.4) is 0 Å². The molecule has 2 saturated heterocycles. The van der Waals surface area contributed by atoms with Crippen LogP contribution >= 0.6 is 12.4 Å². The predicted molar refractivity (Wildman–Crippen MR) is 122 cm³/mol. The van der Waals surface area contributed by atoms with E-state index < -0.39 is 0 Å². The Bertz CT molecular complexity index is 877. The highest BCUT2D eigenvalue weighted by molar-refractivity contribution is 6.00. The van der Waals surface area contributed by atoms with Gasteiger partial charge in [0, 0.05) is 45.0 Å². The second kappa shape index (κ2) is 9.96. The minimum atomic E-state index is 0. The first kappa shape index (κ1) is 22.1. The number of piperazine rings is 1. The van der Waals surface area contributed by atoms with Gasteiger partial charge in [-0.25, -0.2) is 0 Å². The van der Waals surface area contributed by atoms with E-state index in [9.17, 15) is 9.59 Å². The summed E-state index contributed by atoms with van der Waals surface area (Å²) >= 11 is 0. The minimum absolute atomic E-state index is 0. The summed E-state index contributed by atoms with van der Waals surface area (Å²) in [6, 6.07) is 17.9. The number of anilines is 2. The smallest absolute Gasteiger partial charge is 0.256 e. The second-order valence-electron chi connectivity index (χ2n) is 7.72. The fourth-order valence-corrected chi connectivity index (χ4v) is 4.31. The number of piperidine rings is 1. The first-order valence-corrected chi connectivity index (χ1v) is 10.3. The molecule has 0 radical (unpaired) electrons. The van der Waals surface area contributed by atoms with Gasteiger partial charge in [0.2, 0.25) is 5.91 Å². The molecule has 2 aromatic carbocycles. The Kier molecular flexibility index (Phi) is 7.34. The minimum Gasteiger partial charge on any atom is -0.344 e. The van der Waals surface area contributed by atoms with E-state index in [0.717, 1.165) is 43.9 Å². The van der Waals surface area contributed by atoms with Crippen molar-refractivity contribution in [2.75, 3.05) is 44.7 Å². The summed E-state index contributed by atoms with van der Waals surface area (Å²) < 4.78 is 0. The van der Waals surface area contributed by atoms with Crippen molar-refractivity contribution in [2.45, 2.75) is 18.9 Å². The van der Waals surface area contributed by atoms with Crippen LogP contribution in [0.5, 0.6) is 0 Å². The van der Waals surface area contributed by atoms with Crippen LogP contribution in [0.1, 0.15) is 23.2 Å². The van der Waals surface area contributed by atoms with Crippen molar-refractivity contribution in [2.24, 2.45) is 0 Å². The molecule has 1 atom stereocenters. The zero-order chi connectivity index (χ0) is 20.2. The van der Waals surface area contributed by atoms with E-state index in [0.29, 0.717) is 18.7 Å². The van der Waals surface area contributed by atoms with Gasteiger partial charge in [-0.15, -0.1) is 12.4 Å². The summed E-state index contributed by atoms with van der Waals surface area (Å²) in [5, 5.41) is 3.12. The average molecular weight is 429 g/mol. The first-order chi connectivity index (χ1) is 14.1. The Balaban J connectivity index is 0.00000256. The number of carbonyl (C=O) groups excluding carboxylic acids is 2. The molecule has 0 aromatic heterocycles. The van der Waals surface area contributed by atoms with Gasteiger partial charge in [0.05, 0.1) is 17.8 Å². The Morgan fingerprint density at radius 3 is 2.57 bits per heavy atom. The Labute approximate surface area is 184 Å². The number of carbonyl (C=O) groups is 2. The van der Waals surface area contributed by atoms with Crippen molar-refractivity contribution in [3.05, 3.63) is 60.2 Å². The van der Waals surface area contributed by atoms with E-state index in [-0.39, 0.29) is 30.3 Å². The molecule has 30 heavy (non-hydrogen) atoms. The molecule has 1 unspecified atom stereocenters. The molecule has 0 saturated carbocycles. The zero-order valence-electron chi connectivity index (χ0n) is 17.3. The van der Waals surface area contributed by atoms with Crippen LogP contribution in [0.25, 0.3) is 0 Å². The summed E-state index contributed by atoms with van der Waals surface area (Å²) in [6.45, 7) is 3.28. The molecule has 2 heterocycles. The second-order valence-corrected chi connectivity index (χ2v) is 7.72. The molecule has 2 fully saturated rings. The topological polar surface area (TPSA) is 55.9 Å². The molecule has 0 spiro atoms. The lowest BCUT2D eigenvalue weighted by molar-refractivity contribution is -0.135. The van der Waals surface area contributed by atoms with Crippen molar-refractivity contribution in [1.82, 2.24) is 15.1 Å². The molecular weight excluding hydrogens is 400 g/mol. The molecule has 1 N–H and O–H groups in total. The number of hydrogen-bond acceptors (Lipinski definition) is 4. The van der Waals surface area contributed by atoms with Crippen LogP contribution in [0, 0.1) is 0 Å². The SMILES string of the molecule is CN(c1ccccc1)c1ccccc1C(=O)N1CCCC(N2CCNCC2=O)C1.Cl. The van der Waals surface area contributed by atoms with Crippen LogP contribution in [-0.2, 0) is 4.79 Å². The molecule has 2 aliphatic rings. The van der Waals surface area contributed by atoms with Crippen molar-refractivity contribution >= 4 is 35.6 Å². The largest absolute Gasteiger partial charge is 0.344 e. The number of nitrogens with zero attached hydrogens (tertiary/aromatic N) is 3. The standard InChI is InChI=1S/C23H28N4O2.ClH/c1-25(18-8-3-2-4-9-18)21-12-6-5-11-20(21)23(29)26-14-7-10-19(17-26)27-15-13-24-16-22(27)28;/h2-6,8-9,11-12,19,24H,7,10,13-17H2,1H3;1H. The average Bonchev–Trinajstić information content (AvgIpc) is 2.79. The fraction of sp³-hybridized carbons (Fsp3) is 0.391. The summed E-state index contributed by atoms with van der Waals surface area (Å²) in [7, 11) is 1.99. The molecule has 0 bridgehead atoms. The van der Waals surface area contributed by atoms with E-state index in [2.05, 4.69) is 10.2 Å². The predicted octanol–water partition coefficient (Wildman–Crippen LogP) is 2.91. The normalized spacial score (nSPS) is 19.2. The van der Waals surface area contributed by atoms with E-state index in [1.165, 1.54) is 0 Å². The van der Waals surface area contributed by atoms with E-state index in [4.69, 9.17) is 0 Å². The van der Waals surface area contributed by atoms with Gasteiger partial charge in [-0.1, -0.05) is 30.3 Å².